The van der Waals surface area contributed by atoms with Crippen LogP contribution in [0.15, 0.2) is 158 Å². The number of esters is 6. The van der Waals surface area contributed by atoms with Crippen LogP contribution in [0.2, 0.25) is 0 Å². The number of carbonyl (C=O) groups is 6. The summed E-state index contributed by atoms with van der Waals surface area (Å²) in [5, 5.41) is 0. The molecule has 0 saturated heterocycles. The minimum Gasteiger partial charge on any atom is -0.485 e. The van der Waals surface area contributed by atoms with Crippen molar-refractivity contribution in [3.05, 3.63) is 225 Å². The quantitative estimate of drug-likeness (QED) is 0.0153. The van der Waals surface area contributed by atoms with Gasteiger partial charge in [-0.1, -0.05) is 226 Å². The van der Waals surface area contributed by atoms with E-state index in [1.54, 1.807) is 98.8 Å². The fourth-order valence-electron chi connectivity index (χ4n) is 15.8. The van der Waals surface area contributed by atoms with Gasteiger partial charge < -0.3 is 33.2 Å². The smallest absolute Gasteiger partial charge is 0.343 e. The van der Waals surface area contributed by atoms with Gasteiger partial charge in [-0.25, -0.2) is 37.5 Å². The average molecular weight is 1690 g/mol. The van der Waals surface area contributed by atoms with Crippen molar-refractivity contribution in [2.45, 2.75) is 370 Å². The fraction of sp³-hybridized carbons (Fsp3) is 0.556. The lowest BCUT2D eigenvalue weighted by Crippen LogP contribution is -2.24. The van der Waals surface area contributed by atoms with Gasteiger partial charge >= 0.3 is 35.8 Å². The van der Waals surface area contributed by atoms with Crippen molar-refractivity contribution in [3.63, 3.8) is 0 Å². The number of aryl methyl sites for hydroxylation is 3. The van der Waals surface area contributed by atoms with Crippen molar-refractivity contribution in [3.8, 4) is 23.0 Å². The topological polar surface area (TPSA) is 167 Å². The lowest BCUT2D eigenvalue weighted by Gasteiger charge is -2.37. The first-order valence-corrected chi connectivity index (χ1v) is 47.5. The van der Waals surface area contributed by atoms with Gasteiger partial charge in [0.25, 0.3) is 0 Å². The lowest BCUT2D eigenvalue weighted by molar-refractivity contribution is 0.0309. The Bertz CT molecular complexity index is 4060. The number of hydrogen-bond donors (Lipinski definition) is 0. The van der Waals surface area contributed by atoms with Gasteiger partial charge in [0.2, 0.25) is 0 Å². The van der Waals surface area contributed by atoms with Crippen molar-refractivity contribution in [1.82, 2.24) is 0 Å². The highest BCUT2D eigenvalue weighted by Crippen LogP contribution is 2.45. The first-order chi connectivity index (χ1) is 59.5. The molecule has 0 N–H and O–H groups in total. The molecule has 0 amide bonds. The number of halogens is 2. The van der Waals surface area contributed by atoms with E-state index in [2.05, 4.69) is 48.5 Å². The van der Waals surface area contributed by atoms with Crippen molar-refractivity contribution in [2.75, 3.05) is 0 Å². The molecule has 0 spiro atoms. The predicted octanol–water partition coefficient (Wildman–Crippen LogP) is 30.3. The standard InChI is InChI=1S/C32H46O4.C28H38O4.C26H34O4.C22H32F2O/c1-4-6-8-10-12-14-16-26(3)35-31(33)29-22-24-30(25-23-29)36-32(34)28-20-18-27(19-21-28)17-15-13-11-9-7-5-2;1-4-6-8-10-12-22(3)31-27(29)25-18-20-26(21-19-25)32-28(30)24-16-14-23(15-17-24)13-11-9-7-5-2;1-4-6-8-9-10-20(3)29-25(27)23-16-18-24(19-17-23)30-26(28)22-14-12-21(13-15-22)11-7-5-2;1-14(2)25-22-20(23)12-19(13-21(22)24)18-10-8-17(9-11-18)16-6-4-15(3)5-7-16/h18-26H,4-17H2,1-3H3;14-22H,4-13H2,1-3H3;12-20H,4-11H2,1-3H3;12-18H,4-11H2,1-3H3. The summed E-state index contributed by atoms with van der Waals surface area (Å²) in [7, 11) is 0. The molecule has 0 bridgehead atoms. The van der Waals surface area contributed by atoms with Gasteiger partial charge in [-0.3, -0.25) is 0 Å². The molecular formula is C108H150F2O13. The predicted molar refractivity (Wildman–Crippen MR) is 495 cm³/mol. The van der Waals surface area contributed by atoms with E-state index >= 15 is 0 Å². The molecule has 0 aliphatic heterocycles. The Morgan fingerprint density at radius 1 is 0.309 bits per heavy atom. The molecule has 9 rings (SSSR count). The lowest BCUT2D eigenvalue weighted by atomic mass is 9.68. The Morgan fingerprint density at radius 2 is 0.561 bits per heavy atom. The summed E-state index contributed by atoms with van der Waals surface area (Å²) in [6, 6.07) is 45.4. The second kappa shape index (κ2) is 59.8. The zero-order valence-electron chi connectivity index (χ0n) is 77.0. The van der Waals surface area contributed by atoms with Crippen LogP contribution < -0.4 is 18.9 Å². The minimum absolute atomic E-state index is 0.104. The summed E-state index contributed by atoms with van der Waals surface area (Å²) in [4.78, 5) is 74.3. The molecule has 3 unspecified atom stereocenters. The molecule has 13 nitrogen and oxygen atoms in total. The van der Waals surface area contributed by atoms with Crippen LogP contribution in [0.25, 0.3) is 0 Å². The normalized spacial score (nSPS) is 15.5. The molecule has 3 atom stereocenters. The fourth-order valence-corrected chi connectivity index (χ4v) is 15.8. The highest BCUT2D eigenvalue weighted by molar-refractivity contribution is 5.94. The number of carbonyl (C=O) groups excluding carboxylic acids is 6. The maximum atomic E-state index is 14.3. The van der Waals surface area contributed by atoms with Gasteiger partial charge in [0.15, 0.2) is 17.4 Å². The van der Waals surface area contributed by atoms with Crippen LogP contribution in [0.5, 0.6) is 23.0 Å². The van der Waals surface area contributed by atoms with Crippen molar-refractivity contribution < 1.29 is 70.7 Å². The number of hydrogen-bond acceptors (Lipinski definition) is 13. The van der Waals surface area contributed by atoms with E-state index in [4.69, 9.17) is 33.2 Å². The summed E-state index contributed by atoms with van der Waals surface area (Å²) in [6.07, 6.45) is 46.6. The third kappa shape index (κ3) is 40.7. The molecule has 15 heteroatoms. The summed E-state index contributed by atoms with van der Waals surface area (Å²) in [5.74, 6) is 0.495. The Labute approximate surface area is 738 Å². The zero-order chi connectivity index (χ0) is 88.9. The van der Waals surface area contributed by atoms with Crippen molar-refractivity contribution in [2.24, 2.45) is 17.8 Å². The molecule has 2 fully saturated rings. The molecule has 2 saturated carbocycles. The monoisotopic (exact) mass is 1690 g/mol. The number of benzene rings is 7. The average Bonchev–Trinajstić information content (AvgIpc) is 0.811. The van der Waals surface area contributed by atoms with Gasteiger partial charge in [-0.2, -0.15) is 0 Å². The van der Waals surface area contributed by atoms with E-state index in [0.717, 1.165) is 107 Å². The molecule has 7 aromatic rings. The van der Waals surface area contributed by atoms with Gasteiger partial charge in [-0.05, 0) is 317 Å². The number of rotatable bonds is 48. The van der Waals surface area contributed by atoms with Crippen LogP contribution >= 0.6 is 0 Å². The summed E-state index contributed by atoms with van der Waals surface area (Å²) in [5.41, 5.74) is 7.43. The summed E-state index contributed by atoms with van der Waals surface area (Å²) >= 11 is 0. The van der Waals surface area contributed by atoms with E-state index in [0.29, 0.717) is 50.6 Å². The van der Waals surface area contributed by atoms with E-state index in [1.807, 2.05) is 81.4 Å². The summed E-state index contributed by atoms with van der Waals surface area (Å²) < 4.78 is 66.8. The first kappa shape index (κ1) is 103. The van der Waals surface area contributed by atoms with Crippen LogP contribution in [0.3, 0.4) is 0 Å². The van der Waals surface area contributed by atoms with E-state index in [9.17, 15) is 37.5 Å². The summed E-state index contributed by atoms with van der Waals surface area (Å²) in [6.45, 7) is 24.9. The third-order valence-electron chi connectivity index (χ3n) is 23.6. The molecule has 123 heavy (non-hydrogen) atoms. The van der Waals surface area contributed by atoms with Gasteiger partial charge in [0.05, 0.1) is 57.8 Å². The van der Waals surface area contributed by atoms with Gasteiger partial charge in [-0.15, -0.1) is 0 Å². The molecule has 2 aliphatic carbocycles. The van der Waals surface area contributed by atoms with Crippen molar-refractivity contribution >= 4 is 35.8 Å². The first-order valence-electron chi connectivity index (χ1n) is 47.5. The highest BCUT2D eigenvalue weighted by Gasteiger charge is 2.32. The van der Waals surface area contributed by atoms with Gasteiger partial charge in [0.1, 0.15) is 17.2 Å². The highest BCUT2D eigenvalue weighted by atomic mass is 19.1. The van der Waals surface area contributed by atoms with Crippen LogP contribution in [0.1, 0.15) is 411 Å². The molecule has 7 aromatic carbocycles. The molecule has 2 aliphatic rings. The van der Waals surface area contributed by atoms with Gasteiger partial charge in [0, 0.05) is 0 Å². The second-order valence-corrected chi connectivity index (χ2v) is 34.8. The number of unbranched alkanes of at least 4 members (excludes halogenated alkanes) is 20. The second-order valence-electron chi connectivity index (χ2n) is 34.8. The Kier molecular flexibility index (Phi) is 50.0. The molecule has 0 aromatic heterocycles. The van der Waals surface area contributed by atoms with E-state index in [1.165, 1.54) is 202 Å². The molecular weight excluding hydrogens is 1540 g/mol. The SMILES string of the molecule is CC1CCC(C2CCC(c3cc(F)c(OC(C)C)c(F)c3)CC2)CC1.CCCCCCC(C)OC(=O)c1ccc(OC(=O)c2ccc(CCCC)cc2)cc1.CCCCCCCCc1ccc(C(=O)Oc2ccc(C(=O)OC(C)CCCCCCCC)cc2)cc1.CCCCCCc1ccc(C(=O)Oc2ccc(C(=O)OC(C)CCCCCC)cc2)cc1. The maximum absolute atomic E-state index is 14.3. The zero-order valence-corrected chi connectivity index (χ0v) is 77.0. The van der Waals surface area contributed by atoms with E-state index in [-0.39, 0.29) is 54.0 Å². The largest absolute Gasteiger partial charge is 0.485 e. The maximum Gasteiger partial charge on any atom is 0.343 e. The van der Waals surface area contributed by atoms with E-state index < -0.39 is 29.5 Å². The van der Waals surface area contributed by atoms with Crippen LogP contribution in [0, 0.1) is 29.4 Å². The molecule has 0 radical (unpaired) electrons. The van der Waals surface area contributed by atoms with Crippen molar-refractivity contribution in [1.29, 1.82) is 0 Å². The molecule has 674 valence electrons. The Morgan fingerprint density at radius 3 is 0.870 bits per heavy atom. The van der Waals surface area contributed by atoms with Crippen LogP contribution in [0.4, 0.5) is 8.78 Å². The number of ether oxygens (including phenoxy) is 7. The Hall–Kier alpha value is -8.98. The van der Waals surface area contributed by atoms with Crippen LogP contribution in [-0.2, 0) is 33.5 Å². The minimum atomic E-state index is -0.563. The third-order valence-corrected chi connectivity index (χ3v) is 23.6. The molecule has 0 heterocycles. The van der Waals surface area contributed by atoms with Crippen LogP contribution in [-0.4, -0.2) is 60.2 Å². The Balaban J connectivity index is 0.000000255.